The predicted molar refractivity (Wildman–Crippen MR) is 142 cm³/mol. The number of benzene rings is 2. The van der Waals surface area contributed by atoms with Gasteiger partial charge in [0, 0.05) is 70.9 Å². The number of anilines is 1. The molecule has 2 aromatic carbocycles. The van der Waals surface area contributed by atoms with Crippen molar-refractivity contribution in [2.24, 2.45) is 0 Å². The van der Waals surface area contributed by atoms with Crippen molar-refractivity contribution < 1.29 is 9.47 Å². The summed E-state index contributed by atoms with van der Waals surface area (Å²) in [5.41, 5.74) is 6.96. The smallest absolute Gasteiger partial charge is 0.167 e. The lowest BCUT2D eigenvalue weighted by molar-refractivity contribution is 0.0232. The van der Waals surface area contributed by atoms with Crippen LogP contribution in [0.2, 0.25) is 0 Å². The summed E-state index contributed by atoms with van der Waals surface area (Å²) in [6, 6.07) is 19.3. The Hall–Kier alpha value is -3.31. The zero-order valence-corrected chi connectivity index (χ0v) is 21.5. The number of hydrogen-bond acceptors (Lipinski definition) is 4. The number of fused-ring (bicyclic) bond motifs is 2. The van der Waals surface area contributed by atoms with E-state index in [4.69, 9.17) is 14.5 Å². The fourth-order valence-electron chi connectivity index (χ4n) is 5.80. The molecule has 0 N–H and O–H groups in total. The molecule has 2 aromatic heterocycles. The lowest BCUT2D eigenvalue weighted by Gasteiger charge is -2.33. The highest BCUT2D eigenvalue weighted by Gasteiger charge is 2.49. The second kappa shape index (κ2) is 9.38. The van der Waals surface area contributed by atoms with Crippen LogP contribution in [-0.4, -0.2) is 29.2 Å². The monoisotopic (exact) mass is 469 g/mol. The third-order valence-corrected chi connectivity index (χ3v) is 7.34. The van der Waals surface area contributed by atoms with Gasteiger partial charge in [0.15, 0.2) is 5.60 Å². The van der Waals surface area contributed by atoms with Crippen molar-refractivity contribution in [2.45, 2.75) is 53.4 Å². The first-order valence-corrected chi connectivity index (χ1v) is 12.8. The summed E-state index contributed by atoms with van der Waals surface area (Å²) in [4.78, 5) is 7.28. The molecule has 182 valence electrons. The van der Waals surface area contributed by atoms with Crippen LogP contribution >= 0.6 is 0 Å². The second-order valence-corrected chi connectivity index (χ2v) is 8.99. The highest BCUT2D eigenvalue weighted by molar-refractivity contribution is 5.88. The lowest BCUT2D eigenvalue weighted by atomic mass is 9.80. The van der Waals surface area contributed by atoms with E-state index in [2.05, 4.69) is 85.7 Å². The molecule has 0 spiro atoms. The van der Waals surface area contributed by atoms with Crippen LogP contribution in [0.25, 0.3) is 10.9 Å². The average Bonchev–Trinajstić information content (AvgIpc) is 3.40. The number of hydrogen-bond donors (Lipinski definition) is 0. The van der Waals surface area contributed by atoms with Crippen molar-refractivity contribution >= 4 is 16.6 Å². The van der Waals surface area contributed by atoms with Crippen LogP contribution in [0.5, 0.6) is 5.75 Å². The van der Waals surface area contributed by atoms with Crippen LogP contribution in [-0.2, 0) is 23.5 Å². The van der Waals surface area contributed by atoms with E-state index in [1.54, 1.807) is 0 Å². The molecule has 0 saturated heterocycles. The fourth-order valence-corrected chi connectivity index (χ4v) is 5.80. The van der Waals surface area contributed by atoms with E-state index >= 15 is 0 Å². The van der Waals surface area contributed by atoms with Gasteiger partial charge in [-0.2, -0.15) is 0 Å². The molecular weight excluding hydrogens is 434 g/mol. The van der Waals surface area contributed by atoms with Crippen molar-refractivity contribution in [1.29, 1.82) is 0 Å². The molecule has 0 radical (unpaired) electrons. The standard InChI is InChI=1S/C30H35N3O2/c1-6-32(7-2)23-16-17-25(27(19-23)34-9-4)30(29-22(20-35-30)13-12-18-31-29)28-21(5)33(8-3)26-15-11-10-14-24(26)28/h10-19H,6-9,20H2,1-5H3. The number of rotatable bonds is 8. The fraction of sp³-hybridized carbons (Fsp3) is 0.367. The minimum Gasteiger partial charge on any atom is -0.493 e. The first kappa shape index (κ1) is 23.4. The molecule has 5 nitrogen and oxygen atoms in total. The molecule has 1 aliphatic rings. The van der Waals surface area contributed by atoms with Gasteiger partial charge in [0.05, 0.1) is 18.9 Å². The number of nitrogens with zero attached hydrogens (tertiary/aromatic N) is 3. The van der Waals surface area contributed by atoms with Gasteiger partial charge in [-0.25, -0.2) is 0 Å². The van der Waals surface area contributed by atoms with Crippen LogP contribution in [0.15, 0.2) is 60.8 Å². The van der Waals surface area contributed by atoms with Gasteiger partial charge in [-0.15, -0.1) is 0 Å². The van der Waals surface area contributed by atoms with E-state index in [9.17, 15) is 0 Å². The van der Waals surface area contributed by atoms with Crippen molar-refractivity contribution in [1.82, 2.24) is 9.55 Å². The van der Waals surface area contributed by atoms with Gasteiger partial charge in [0.25, 0.3) is 0 Å². The largest absolute Gasteiger partial charge is 0.493 e. The van der Waals surface area contributed by atoms with E-state index in [1.807, 2.05) is 19.2 Å². The van der Waals surface area contributed by atoms with Crippen LogP contribution in [0.3, 0.4) is 0 Å². The van der Waals surface area contributed by atoms with Gasteiger partial charge in [0.2, 0.25) is 0 Å². The topological polar surface area (TPSA) is 39.5 Å². The Kier molecular flexibility index (Phi) is 6.28. The summed E-state index contributed by atoms with van der Waals surface area (Å²) in [6.45, 7) is 14.7. The van der Waals surface area contributed by atoms with Gasteiger partial charge in [-0.05, 0) is 58.9 Å². The molecule has 0 fully saturated rings. The number of pyridine rings is 1. The quantitative estimate of drug-likeness (QED) is 0.298. The molecule has 1 aliphatic heterocycles. The Balaban J connectivity index is 1.87. The van der Waals surface area contributed by atoms with E-state index < -0.39 is 5.60 Å². The zero-order chi connectivity index (χ0) is 24.6. The molecule has 0 bridgehead atoms. The Morgan fingerprint density at radius 3 is 2.57 bits per heavy atom. The molecule has 5 rings (SSSR count). The summed E-state index contributed by atoms with van der Waals surface area (Å²) in [5, 5.41) is 1.20. The Labute approximate surface area is 208 Å². The van der Waals surface area contributed by atoms with Crippen LogP contribution < -0.4 is 9.64 Å². The molecule has 35 heavy (non-hydrogen) atoms. The van der Waals surface area contributed by atoms with E-state index in [0.717, 1.165) is 53.5 Å². The maximum absolute atomic E-state index is 6.90. The minimum absolute atomic E-state index is 0.512. The average molecular weight is 470 g/mol. The molecule has 5 heteroatoms. The number of aryl methyl sites for hydroxylation is 1. The second-order valence-electron chi connectivity index (χ2n) is 8.99. The van der Waals surface area contributed by atoms with E-state index in [-0.39, 0.29) is 0 Å². The van der Waals surface area contributed by atoms with Crippen LogP contribution in [0.1, 0.15) is 55.8 Å². The third kappa shape index (κ3) is 3.52. The summed E-state index contributed by atoms with van der Waals surface area (Å²) in [7, 11) is 0. The maximum Gasteiger partial charge on any atom is 0.167 e. The van der Waals surface area contributed by atoms with Gasteiger partial charge < -0.3 is 18.9 Å². The van der Waals surface area contributed by atoms with Crippen molar-refractivity contribution in [2.75, 3.05) is 24.6 Å². The van der Waals surface area contributed by atoms with Crippen LogP contribution in [0.4, 0.5) is 5.69 Å². The molecular formula is C30H35N3O2. The summed E-state index contributed by atoms with van der Waals surface area (Å²) >= 11 is 0. The van der Waals surface area contributed by atoms with Crippen molar-refractivity contribution in [3.05, 3.63) is 88.9 Å². The molecule has 1 atom stereocenters. The number of para-hydroxylation sites is 1. The lowest BCUT2D eigenvalue weighted by Crippen LogP contribution is -2.31. The van der Waals surface area contributed by atoms with Gasteiger partial charge in [0.1, 0.15) is 5.75 Å². The maximum atomic E-state index is 6.90. The summed E-state index contributed by atoms with van der Waals surface area (Å²) in [6.07, 6.45) is 1.88. The SMILES string of the molecule is CCOc1cc(N(CC)CC)ccc1C1(c2c(C)n(CC)c3ccccc23)OCc2cccnc21. The van der Waals surface area contributed by atoms with Gasteiger partial charge in [-0.3, -0.25) is 4.98 Å². The van der Waals surface area contributed by atoms with E-state index in [0.29, 0.717) is 13.2 Å². The molecule has 4 aromatic rings. The molecule has 1 unspecified atom stereocenters. The normalized spacial score (nSPS) is 17.1. The van der Waals surface area contributed by atoms with E-state index in [1.165, 1.54) is 16.6 Å². The first-order chi connectivity index (χ1) is 17.1. The molecule has 3 heterocycles. The van der Waals surface area contributed by atoms with Crippen LogP contribution in [0, 0.1) is 6.92 Å². The molecule has 0 saturated carbocycles. The Morgan fingerprint density at radius 2 is 1.83 bits per heavy atom. The molecule has 0 amide bonds. The van der Waals surface area contributed by atoms with Crippen molar-refractivity contribution in [3.8, 4) is 5.75 Å². The van der Waals surface area contributed by atoms with Gasteiger partial charge in [-0.1, -0.05) is 24.3 Å². The number of aromatic nitrogens is 2. The third-order valence-electron chi connectivity index (χ3n) is 7.34. The zero-order valence-electron chi connectivity index (χ0n) is 21.5. The molecule has 0 aliphatic carbocycles. The Bertz CT molecular complexity index is 1360. The Morgan fingerprint density at radius 1 is 1.03 bits per heavy atom. The van der Waals surface area contributed by atoms with Crippen molar-refractivity contribution in [3.63, 3.8) is 0 Å². The highest BCUT2D eigenvalue weighted by Crippen LogP contribution is 2.52. The number of ether oxygens (including phenoxy) is 2. The summed E-state index contributed by atoms with van der Waals surface area (Å²) in [5.74, 6) is 0.850. The minimum atomic E-state index is -0.854. The summed E-state index contributed by atoms with van der Waals surface area (Å²) < 4.78 is 15.6. The van der Waals surface area contributed by atoms with Gasteiger partial charge >= 0.3 is 0 Å². The first-order valence-electron chi connectivity index (χ1n) is 12.8. The predicted octanol–water partition coefficient (Wildman–Crippen LogP) is 6.43. The highest BCUT2D eigenvalue weighted by atomic mass is 16.5.